The largest absolute Gasteiger partial charge is 0.355 e. The summed E-state index contributed by atoms with van der Waals surface area (Å²) in [6.07, 6.45) is 7.43. The summed E-state index contributed by atoms with van der Waals surface area (Å²) >= 11 is 1.94. The Balaban J connectivity index is 0.00000288. The molecule has 1 spiro atoms. The smallest absolute Gasteiger partial charge is 0.220 e. The minimum absolute atomic E-state index is 0. The molecule has 0 aromatic carbocycles. The van der Waals surface area contributed by atoms with E-state index in [-0.39, 0.29) is 40.0 Å². The van der Waals surface area contributed by atoms with Crippen LogP contribution in [0.5, 0.6) is 0 Å². The molecule has 1 unspecified atom stereocenters. The predicted octanol–water partition coefficient (Wildman–Crippen LogP) is 2.70. The van der Waals surface area contributed by atoms with E-state index in [0.29, 0.717) is 6.42 Å². The van der Waals surface area contributed by atoms with Gasteiger partial charge in [0.15, 0.2) is 5.96 Å². The molecular weight excluding hydrogens is 435 g/mol. The third kappa shape index (κ3) is 4.93. The lowest BCUT2D eigenvalue weighted by Crippen LogP contribution is -2.53. The molecule has 0 bridgehead atoms. The first-order valence-electron chi connectivity index (χ1n) is 8.79. The van der Waals surface area contributed by atoms with Crippen LogP contribution in [0.4, 0.5) is 0 Å². The van der Waals surface area contributed by atoms with Crippen LogP contribution < -0.4 is 10.6 Å². The first kappa shape index (κ1) is 21.9. The van der Waals surface area contributed by atoms with Crippen molar-refractivity contribution in [1.29, 1.82) is 0 Å². The number of carbonyl (C=O) groups is 1. The number of guanidine groups is 1. The number of rotatable bonds is 5. The maximum atomic E-state index is 11.7. The Bertz CT molecular complexity index is 448. The molecule has 2 saturated heterocycles. The molecule has 2 N–H and O–H groups in total. The highest BCUT2D eigenvalue weighted by molar-refractivity contribution is 14.0. The van der Waals surface area contributed by atoms with Crippen LogP contribution in [-0.2, 0) is 4.79 Å². The minimum atomic E-state index is 0. The van der Waals surface area contributed by atoms with Crippen LogP contribution in [-0.4, -0.2) is 61.0 Å². The fourth-order valence-electron chi connectivity index (χ4n) is 3.86. The maximum Gasteiger partial charge on any atom is 0.220 e. The van der Waals surface area contributed by atoms with Crippen molar-refractivity contribution < 1.29 is 4.79 Å². The van der Waals surface area contributed by atoms with Crippen LogP contribution in [0.3, 0.4) is 0 Å². The molecule has 1 atom stereocenters. The second kappa shape index (κ2) is 9.50. The number of halogens is 1. The molecule has 0 saturated carbocycles. The molecule has 2 rings (SSSR count). The van der Waals surface area contributed by atoms with E-state index in [9.17, 15) is 4.79 Å². The number of hydrogen-bond acceptors (Lipinski definition) is 3. The van der Waals surface area contributed by atoms with Crippen molar-refractivity contribution in [3.8, 4) is 0 Å². The summed E-state index contributed by atoms with van der Waals surface area (Å²) in [6.45, 7) is 8.23. The molecule has 7 heteroatoms. The highest BCUT2D eigenvalue weighted by atomic mass is 127. The number of likely N-dealkylation sites (tertiary alicyclic amines) is 1. The second-order valence-electron chi connectivity index (χ2n) is 6.97. The number of carbonyl (C=O) groups excluding carboxylic acids is 1. The van der Waals surface area contributed by atoms with Gasteiger partial charge < -0.3 is 15.5 Å². The van der Waals surface area contributed by atoms with Crippen LogP contribution >= 0.6 is 35.7 Å². The van der Waals surface area contributed by atoms with E-state index in [1.807, 2.05) is 18.8 Å². The Labute approximate surface area is 168 Å². The van der Waals surface area contributed by atoms with Crippen molar-refractivity contribution >= 4 is 47.6 Å². The van der Waals surface area contributed by atoms with Crippen molar-refractivity contribution in [3.05, 3.63) is 0 Å². The molecule has 2 aliphatic rings. The lowest BCUT2D eigenvalue weighted by molar-refractivity contribution is -0.119. The summed E-state index contributed by atoms with van der Waals surface area (Å²) in [5, 5.41) is 6.61. The van der Waals surface area contributed by atoms with Gasteiger partial charge in [-0.25, -0.2) is 0 Å². The summed E-state index contributed by atoms with van der Waals surface area (Å²) in [7, 11) is 1.86. The lowest BCUT2D eigenvalue weighted by atomic mass is 9.79. The molecule has 2 fully saturated rings. The quantitative estimate of drug-likeness (QED) is 0.370. The molecule has 2 heterocycles. The molecule has 140 valence electrons. The van der Waals surface area contributed by atoms with Crippen LogP contribution in [0.15, 0.2) is 4.99 Å². The van der Waals surface area contributed by atoms with Crippen molar-refractivity contribution in [2.45, 2.75) is 50.7 Å². The number of piperidine rings is 1. The summed E-state index contributed by atoms with van der Waals surface area (Å²) < 4.78 is 0.272. The zero-order valence-corrected chi connectivity index (χ0v) is 18.6. The van der Waals surface area contributed by atoms with Gasteiger partial charge in [0.05, 0.1) is 0 Å². The number of amides is 1. The van der Waals surface area contributed by atoms with Gasteiger partial charge in [0, 0.05) is 49.8 Å². The van der Waals surface area contributed by atoms with Crippen molar-refractivity contribution in [2.75, 3.05) is 39.5 Å². The van der Waals surface area contributed by atoms with E-state index in [1.54, 1.807) is 0 Å². The monoisotopic (exact) mass is 468 g/mol. The Morgan fingerprint density at radius 2 is 2.17 bits per heavy atom. The zero-order valence-electron chi connectivity index (χ0n) is 15.5. The third-order valence-electron chi connectivity index (χ3n) is 5.66. The fraction of sp³-hybridized carbons (Fsp3) is 0.882. The summed E-state index contributed by atoms with van der Waals surface area (Å²) in [6, 6.07) is 0. The Morgan fingerprint density at radius 3 is 2.67 bits per heavy atom. The van der Waals surface area contributed by atoms with E-state index in [2.05, 4.69) is 40.6 Å². The molecule has 0 aromatic rings. The van der Waals surface area contributed by atoms with Gasteiger partial charge in [0.25, 0.3) is 0 Å². The van der Waals surface area contributed by atoms with Gasteiger partial charge in [0.1, 0.15) is 0 Å². The third-order valence-corrected chi connectivity index (χ3v) is 7.25. The molecule has 0 aliphatic carbocycles. The maximum absolute atomic E-state index is 11.7. The standard InChI is InChI=1S/C17H32N4OS.HI/c1-5-17(6-2,23-4)12-20-15(18-3)21-9-7-8-16(13-21)10-14(22)19-11-16;/h5-13H2,1-4H3,(H,18,20)(H,19,22);1H. The van der Waals surface area contributed by atoms with E-state index >= 15 is 0 Å². The highest BCUT2D eigenvalue weighted by Crippen LogP contribution is 2.36. The van der Waals surface area contributed by atoms with Gasteiger partial charge in [-0.1, -0.05) is 13.8 Å². The van der Waals surface area contributed by atoms with Crippen LogP contribution in [0.1, 0.15) is 46.0 Å². The number of hydrogen-bond donors (Lipinski definition) is 2. The van der Waals surface area contributed by atoms with Gasteiger partial charge in [-0.15, -0.1) is 24.0 Å². The topological polar surface area (TPSA) is 56.7 Å². The van der Waals surface area contributed by atoms with Crippen molar-refractivity contribution in [3.63, 3.8) is 0 Å². The fourth-order valence-corrected chi connectivity index (χ4v) is 4.66. The number of thioether (sulfide) groups is 1. The Hall–Kier alpha value is -0.180. The number of nitrogens with zero attached hydrogens (tertiary/aromatic N) is 2. The summed E-state index contributed by atoms with van der Waals surface area (Å²) in [5.41, 5.74) is 0.110. The van der Waals surface area contributed by atoms with Gasteiger partial charge in [-0.05, 0) is 31.9 Å². The normalized spacial score (nSPS) is 24.8. The lowest BCUT2D eigenvalue weighted by Gasteiger charge is -2.41. The predicted molar refractivity (Wildman–Crippen MR) is 114 cm³/mol. The highest BCUT2D eigenvalue weighted by Gasteiger charge is 2.42. The van der Waals surface area contributed by atoms with E-state index < -0.39 is 0 Å². The first-order chi connectivity index (χ1) is 11.0. The van der Waals surface area contributed by atoms with E-state index in [0.717, 1.165) is 57.8 Å². The van der Waals surface area contributed by atoms with Gasteiger partial charge in [-0.2, -0.15) is 11.8 Å². The SMILES string of the molecule is CCC(CC)(CNC(=NC)N1CCCC2(CNC(=O)C2)C1)SC.I. The average Bonchev–Trinajstić information content (AvgIpc) is 2.92. The molecular formula is C17H33IN4OS. The van der Waals surface area contributed by atoms with Crippen LogP contribution in [0.2, 0.25) is 0 Å². The Kier molecular flexibility index (Phi) is 8.65. The summed E-state index contributed by atoms with van der Waals surface area (Å²) in [5.74, 6) is 1.19. The zero-order chi connectivity index (χ0) is 16.9. The van der Waals surface area contributed by atoms with Gasteiger partial charge in [0.2, 0.25) is 5.91 Å². The molecule has 5 nitrogen and oxygen atoms in total. The average molecular weight is 468 g/mol. The first-order valence-corrected chi connectivity index (χ1v) is 10.0. The van der Waals surface area contributed by atoms with Crippen LogP contribution in [0, 0.1) is 5.41 Å². The van der Waals surface area contributed by atoms with Gasteiger partial charge >= 0.3 is 0 Å². The van der Waals surface area contributed by atoms with E-state index in [1.165, 1.54) is 0 Å². The van der Waals surface area contributed by atoms with Gasteiger partial charge in [-0.3, -0.25) is 9.79 Å². The Morgan fingerprint density at radius 1 is 1.46 bits per heavy atom. The molecule has 0 radical (unpaired) electrons. The number of nitrogens with one attached hydrogen (secondary N) is 2. The summed E-state index contributed by atoms with van der Waals surface area (Å²) in [4.78, 5) is 18.5. The molecule has 2 aliphatic heterocycles. The van der Waals surface area contributed by atoms with Crippen molar-refractivity contribution in [2.24, 2.45) is 10.4 Å². The second-order valence-corrected chi connectivity index (χ2v) is 8.25. The molecule has 0 aromatic heterocycles. The van der Waals surface area contributed by atoms with Crippen LogP contribution in [0.25, 0.3) is 0 Å². The van der Waals surface area contributed by atoms with E-state index in [4.69, 9.17) is 0 Å². The van der Waals surface area contributed by atoms with Crippen molar-refractivity contribution in [1.82, 2.24) is 15.5 Å². The molecule has 24 heavy (non-hydrogen) atoms. The minimum Gasteiger partial charge on any atom is -0.355 e. The molecule has 1 amide bonds. The number of aliphatic imine (C=N–C) groups is 1.